The molecule has 0 aromatic heterocycles. The zero-order chi connectivity index (χ0) is 10.0. The Balaban J connectivity index is 2.68. The molecule has 4 nitrogen and oxygen atoms in total. The van der Waals surface area contributed by atoms with E-state index >= 15 is 0 Å². The van der Waals surface area contributed by atoms with E-state index in [4.69, 9.17) is 4.74 Å². The van der Waals surface area contributed by atoms with Crippen molar-refractivity contribution in [2.24, 2.45) is 11.8 Å². The van der Waals surface area contributed by atoms with Gasteiger partial charge in [0.05, 0.1) is 19.6 Å². The van der Waals surface area contributed by atoms with Crippen LogP contribution in [0.25, 0.3) is 0 Å². The van der Waals surface area contributed by atoms with E-state index in [0.29, 0.717) is 5.57 Å². The Morgan fingerprint density at radius 3 is 2.69 bits per heavy atom. The topological polar surface area (TPSA) is 52.6 Å². The van der Waals surface area contributed by atoms with Gasteiger partial charge < -0.3 is 9.47 Å². The van der Waals surface area contributed by atoms with E-state index in [1.807, 2.05) is 0 Å². The Morgan fingerprint density at radius 2 is 2.31 bits per heavy atom. The number of hydrogen-bond donors (Lipinski definition) is 0. The Hall–Kier alpha value is -1.32. The molecule has 0 aromatic rings. The summed E-state index contributed by atoms with van der Waals surface area (Å²) in [6, 6.07) is 0. The molecule has 2 atom stereocenters. The van der Waals surface area contributed by atoms with Crippen LogP contribution in [0, 0.1) is 11.8 Å². The first-order valence-electron chi connectivity index (χ1n) is 4.01. The van der Waals surface area contributed by atoms with Gasteiger partial charge in [-0.3, -0.25) is 4.79 Å². The molecule has 1 rings (SSSR count). The summed E-state index contributed by atoms with van der Waals surface area (Å²) in [4.78, 5) is 22.0. The molecule has 0 spiro atoms. The third kappa shape index (κ3) is 1.71. The van der Waals surface area contributed by atoms with E-state index in [1.165, 1.54) is 7.11 Å². The van der Waals surface area contributed by atoms with Crippen molar-refractivity contribution in [2.45, 2.75) is 6.92 Å². The van der Waals surface area contributed by atoms with Crippen LogP contribution in [0.1, 0.15) is 6.92 Å². The molecule has 1 aliphatic rings. The zero-order valence-corrected chi connectivity index (χ0v) is 7.70. The van der Waals surface area contributed by atoms with Gasteiger partial charge in [-0.2, -0.15) is 0 Å². The number of hydrogen-bond acceptors (Lipinski definition) is 4. The molecule has 1 heterocycles. The summed E-state index contributed by atoms with van der Waals surface area (Å²) >= 11 is 0. The van der Waals surface area contributed by atoms with Crippen molar-refractivity contribution in [1.82, 2.24) is 0 Å². The number of cyclic esters (lactones) is 1. The minimum absolute atomic E-state index is 0.230. The highest BCUT2D eigenvalue weighted by Gasteiger charge is 2.37. The molecule has 0 saturated carbocycles. The highest BCUT2D eigenvalue weighted by molar-refractivity contribution is 5.90. The maximum absolute atomic E-state index is 11.1. The highest BCUT2D eigenvalue weighted by Crippen LogP contribution is 2.27. The van der Waals surface area contributed by atoms with Crippen LogP contribution in [0.4, 0.5) is 0 Å². The summed E-state index contributed by atoms with van der Waals surface area (Å²) in [5.41, 5.74) is 0.306. The Morgan fingerprint density at radius 1 is 1.69 bits per heavy atom. The number of carbonyl (C=O) groups excluding carboxylic acids is 2. The largest absolute Gasteiger partial charge is 0.466 e. The molecule has 0 radical (unpaired) electrons. The van der Waals surface area contributed by atoms with E-state index in [9.17, 15) is 9.59 Å². The molecule has 0 aliphatic carbocycles. The fourth-order valence-corrected chi connectivity index (χ4v) is 1.30. The van der Waals surface area contributed by atoms with Crippen molar-refractivity contribution in [2.75, 3.05) is 13.7 Å². The monoisotopic (exact) mass is 184 g/mol. The number of rotatable bonds is 2. The summed E-state index contributed by atoms with van der Waals surface area (Å²) in [6.07, 6.45) is 0. The molecular formula is C9H12O4. The number of ether oxygens (including phenoxy) is 2. The van der Waals surface area contributed by atoms with Crippen LogP contribution in [0.2, 0.25) is 0 Å². The van der Waals surface area contributed by atoms with Crippen molar-refractivity contribution < 1.29 is 19.1 Å². The lowest BCUT2D eigenvalue weighted by atomic mass is 9.91. The normalized spacial score (nSPS) is 26.8. The van der Waals surface area contributed by atoms with Crippen LogP contribution in [0.5, 0.6) is 0 Å². The second-order valence-corrected chi connectivity index (χ2v) is 3.04. The first-order valence-corrected chi connectivity index (χ1v) is 4.01. The standard InChI is InChI=1S/C9H12O4/c1-5(8(10)12-3)7-4-13-9(11)6(7)2/h6-7H,1,4H2,2-3H3. The molecule has 2 unspecified atom stereocenters. The van der Waals surface area contributed by atoms with Crippen molar-refractivity contribution in [3.05, 3.63) is 12.2 Å². The van der Waals surface area contributed by atoms with Crippen LogP contribution in [-0.4, -0.2) is 25.7 Å². The highest BCUT2D eigenvalue weighted by atomic mass is 16.5. The zero-order valence-electron chi connectivity index (χ0n) is 7.70. The molecule has 1 fully saturated rings. The van der Waals surface area contributed by atoms with E-state index in [0.717, 1.165) is 0 Å². The molecule has 0 N–H and O–H groups in total. The number of esters is 2. The van der Waals surface area contributed by atoms with Gasteiger partial charge in [0.15, 0.2) is 0 Å². The lowest BCUT2D eigenvalue weighted by Gasteiger charge is -2.11. The summed E-state index contributed by atoms with van der Waals surface area (Å²) in [5.74, 6) is -1.29. The van der Waals surface area contributed by atoms with Gasteiger partial charge in [0, 0.05) is 11.5 Å². The van der Waals surface area contributed by atoms with Gasteiger partial charge in [0.25, 0.3) is 0 Å². The van der Waals surface area contributed by atoms with Gasteiger partial charge in [-0.15, -0.1) is 0 Å². The summed E-state index contributed by atoms with van der Waals surface area (Å²) in [7, 11) is 1.29. The molecule has 0 bridgehead atoms. The molecular weight excluding hydrogens is 172 g/mol. The van der Waals surface area contributed by atoms with Crippen molar-refractivity contribution in [3.8, 4) is 0 Å². The maximum atomic E-state index is 11.1. The summed E-state index contributed by atoms with van der Waals surface area (Å²) in [6.45, 7) is 5.53. The third-order valence-electron chi connectivity index (χ3n) is 2.28. The van der Waals surface area contributed by atoms with Crippen molar-refractivity contribution in [3.63, 3.8) is 0 Å². The molecule has 1 aliphatic heterocycles. The molecule has 1 saturated heterocycles. The van der Waals surface area contributed by atoms with E-state index in [-0.39, 0.29) is 24.4 Å². The molecule has 13 heavy (non-hydrogen) atoms. The predicted octanol–water partition coefficient (Wildman–Crippen LogP) is 0.525. The third-order valence-corrected chi connectivity index (χ3v) is 2.28. The average molecular weight is 184 g/mol. The minimum Gasteiger partial charge on any atom is -0.466 e. The molecule has 72 valence electrons. The first-order chi connectivity index (χ1) is 6.07. The molecule has 4 heteroatoms. The quantitative estimate of drug-likeness (QED) is 0.464. The lowest BCUT2D eigenvalue weighted by molar-refractivity contribution is -0.140. The van der Waals surface area contributed by atoms with Crippen LogP contribution in [0.15, 0.2) is 12.2 Å². The smallest absolute Gasteiger partial charge is 0.333 e. The van der Waals surface area contributed by atoms with E-state index < -0.39 is 5.97 Å². The Kier molecular flexibility index (Phi) is 2.70. The summed E-state index contributed by atoms with van der Waals surface area (Å²) < 4.78 is 9.29. The van der Waals surface area contributed by atoms with Crippen molar-refractivity contribution in [1.29, 1.82) is 0 Å². The van der Waals surface area contributed by atoms with E-state index in [1.54, 1.807) is 6.92 Å². The van der Waals surface area contributed by atoms with Gasteiger partial charge in [-0.1, -0.05) is 13.5 Å². The number of carbonyl (C=O) groups is 2. The summed E-state index contributed by atoms with van der Waals surface area (Å²) in [5, 5.41) is 0. The van der Waals surface area contributed by atoms with Crippen LogP contribution >= 0.6 is 0 Å². The molecule has 0 amide bonds. The second-order valence-electron chi connectivity index (χ2n) is 3.04. The van der Waals surface area contributed by atoms with Gasteiger partial charge in [0.2, 0.25) is 0 Å². The SMILES string of the molecule is C=C(C(=O)OC)C1COC(=O)C1C. The van der Waals surface area contributed by atoms with Gasteiger partial charge in [-0.25, -0.2) is 4.79 Å². The fraction of sp³-hybridized carbons (Fsp3) is 0.556. The van der Waals surface area contributed by atoms with Crippen molar-refractivity contribution >= 4 is 11.9 Å². The average Bonchev–Trinajstić information content (AvgIpc) is 2.45. The first kappa shape index (κ1) is 9.77. The van der Waals surface area contributed by atoms with Crippen LogP contribution in [0.3, 0.4) is 0 Å². The fourth-order valence-electron chi connectivity index (χ4n) is 1.30. The van der Waals surface area contributed by atoms with Gasteiger partial charge in [-0.05, 0) is 0 Å². The second kappa shape index (κ2) is 3.60. The van der Waals surface area contributed by atoms with Gasteiger partial charge >= 0.3 is 11.9 Å². The number of methoxy groups -OCH3 is 1. The van der Waals surface area contributed by atoms with Crippen LogP contribution < -0.4 is 0 Å². The maximum Gasteiger partial charge on any atom is 0.333 e. The Labute approximate surface area is 76.5 Å². The minimum atomic E-state index is -0.477. The van der Waals surface area contributed by atoms with Gasteiger partial charge in [0.1, 0.15) is 0 Å². The molecule has 0 aromatic carbocycles. The van der Waals surface area contributed by atoms with Crippen LogP contribution in [-0.2, 0) is 19.1 Å². The predicted molar refractivity (Wildman–Crippen MR) is 44.8 cm³/mol. The van der Waals surface area contributed by atoms with E-state index in [2.05, 4.69) is 11.3 Å². The lowest BCUT2D eigenvalue weighted by Crippen LogP contribution is -2.19. The Bertz CT molecular complexity index is 256.